The quantitative estimate of drug-likeness (QED) is 0.688. The minimum absolute atomic E-state index is 0.149. The lowest BCUT2D eigenvalue weighted by atomic mass is 10.1. The van der Waals surface area contributed by atoms with Crippen LogP contribution in [0.4, 0.5) is 5.69 Å². The van der Waals surface area contributed by atoms with Crippen LogP contribution in [-0.2, 0) is 0 Å². The Morgan fingerprint density at radius 1 is 1.05 bits per heavy atom. The molecule has 0 fully saturated rings. The van der Waals surface area contributed by atoms with E-state index in [1.807, 2.05) is 42.5 Å². The predicted octanol–water partition coefficient (Wildman–Crippen LogP) is 3.68. The number of H-pyrrole nitrogens is 2. The SMILES string of the molecule is CC(Nc1ccc2[nH]c(=O)[nH]c2c1)c1ccc(Cl)cc1. The molecule has 1 atom stereocenters. The standard InChI is InChI=1S/C15H14ClN3O/c1-9(10-2-4-11(16)5-3-10)17-12-6-7-13-14(8-12)19-15(20)18-13/h2-9,17H,1H3,(H2,18,19,20). The van der Waals surface area contributed by atoms with E-state index in [-0.39, 0.29) is 11.7 Å². The number of imidazole rings is 1. The minimum atomic E-state index is -0.192. The van der Waals surface area contributed by atoms with Gasteiger partial charge in [-0.25, -0.2) is 4.79 Å². The van der Waals surface area contributed by atoms with Crippen LogP contribution in [0.1, 0.15) is 18.5 Å². The van der Waals surface area contributed by atoms with Gasteiger partial charge in [-0.3, -0.25) is 0 Å². The molecule has 0 aliphatic rings. The first-order valence-corrected chi connectivity index (χ1v) is 6.74. The van der Waals surface area contributed by atoms with Gasteiger partial charge in [0.1, 0.15) is 0 Å². The van der Waals surface area contributed by atoms with E-state index in [4.69, 9.17) is 11.6 Å². The maximum atomic E-state index is 11.2. The Morgan fingerprint density at radius 2 is 1.75 bits per heavy atom. The van der Waals surface area contributed by atoms with Crippen LogP contribution in [0.15, 0.2) is 47.3 Å². The summed E-state index contributed by atoms with van der Waals surface area (Å²) in [5.41, 5.74) is 3.51. The summed E-state index contributed by atoms with van der Waals surface area (Å²) in [7, 11) is 0. The molecule has 0 radical (unpaired) electrons. The maximum Gasteiger partial charge on any atom is 0.323 e. The summed E-state index contributed by atoms with van der Waals surface area (Å²) in [6.07, 6.45) is 0. The number of fused-ring (bicyclic) bond motifs is 1. The highest BCUT2D eigenvalue weighted by Gasteiger charge is 2.06. The van der Waals surface area contributed by atoms with Gasteiger partial charge in [0.15, 0.2) is 0 Å². The second kappa shape index (κ2) is 5.06. The van der Waals surface area contributed by atoms with Gasteiger partial charge in [0, 0.05) is 16.8 Å². The lowest BCUT2D eigenvalue weighted by Gasteiger charge is -2.15. The van der Waals surface area contributed by atoms with Crippen LogP contribution in [0.3, 0.4) is 0 Å². The Bertz CT molecular complexity index is 789. The number of nitrogens with one attached hydrogen (secondary N) is 3. The van der Waals surface area contributed by atoms with Gasteiger partial charge in [-0.2, -0.15) is 0 Å². The molecule has 0 saturated heterocycles. The molecule has 3 rings (SSSR count). The molecular formula is C15H14ClN3O. The van der Waals surface area contributed by atoms with Crippen molar-refractivity contribution in [2.75, 3.05) is 5.32 Å². The van der Waals surface area contributed by atoms with E-state index in [2.05, 4.69) is 22.2 Å². The van der Waals surface area contributed by atoms with E-state index in [9.17, 15) is 4.79 Å². The van der Waals surface area contributed by atoms with E-state index >= 15 is 0 Å². The Balaban J connectivity index is 1.84. The molecule has 1 heterocycles. The van der Waals surface area contributed by atoms with Gasteiger partial charge in [0.25, 0.3) is 0 Å². The molecule has 1 unspecified atom stereocenters. The summed E-state index contributed by atoms with van der Waals surface area (Å²) in [5.74, 6) is 0. The second-order valence-corrected chi connectivity index (χ2v) is 5.19. The first kappa shape index (κ1) is 12.8. The monoisotopic (exact) mass is 287 g/mol. The summed E-state index contributed by atoms with van der Waals surface area (Å²) in [5, 5.41) is 4.13. The average Bonchev–Trinajstić information content (AvgIpc) is 2.78. The zero-order valence-corrected chi connectivity index (χ0v) is 11.7. The molecule has 0 aliphatic heterocycles. The summed E-state index contributed by atoms with van der Waals surface area (Å²) in [6.45, 7) is 2.08. The summed E-state index contributed by atoms with van der Waals surface area (Å²) < 4.78 is 0. The van der Waals surface area contributed by atoms with Gasteiger partial charge in [0.05, 0.1) is 11.0 Å². The van der Waals surface area contributed by atoms with Gasteiger partial charge in [-0.15, -0.1) is 0 Å². The second-order valence-electron chi connectivity index (χ2n) is 4.76. The highest BCUT2D eigenvalue weighted by Crippen LogP contribution is 2.22. The first-order valence-electron chi connectivity index (χ1n) is 6.36. The molecule has 20 heavy (non-hydrogen) atoms. The van der Waals surface area contributed by atoms with Gasteiger partial charge in [-0.05, 0) is 42.8 Å². The number of aromatic amines is 2. The molecule has 4 nitrogen and oxygen atoms in total. The molecular weight excluding hydrogens is 274 g/mol. The Labute approximate surface area is 120 Å². The van der Waals surface area contributed by atoms with E-state index in [1.165, 1.54) is 0 Å². The lowest BCUT2D eigenvalue weighted by molar-refractivity contribution is 0.885. The minimum Gasteiger partial charge on any atom is -0.378 e. The van der Waals surface area contributed by atoms with Gasteiger partial charge in [0.2, 0.25) is 0 Å². The van der Waals surface area contributed by atoms with E-state index < -0.39 is 0 Å². The van der Waals surface area contributed by atoms with E-state index in [0.29, 0.717) is 0 Å². The van der Waals surface area contributed by atoms with Crippen LogP contribution in [0.2, 0.25) is 5.02 Å². The third kappa shape index (κ3) is 2.56. The van der Waals surface area contributed by atoms with Crippen LogP contribution in [0.25, 0.3) is 11.0 Å². The van der Waals surface area contributed by atoms with Crippen molar-refractivity contribution in [1.82, 2.24) is 9.97 Å². The molecule has 0 bridgehead atoms. The molecule has 0 spiro atoms. The molecule has 3 N–H and O–H groups in total. The third-order valence-corrected chi connectivity index (χ3v) is 3.52. The highest BCUT2D eigenvalue weighted by atomic mass is 35.5. The molecule has 0 aliphatic carbocycles. The first-order chi connectivity index (χ1) is 9.61. The molecule has 0 amide bonds. The molecule has 0 saturated carbocycles. The molecule has 3 aromatic rings. The zero-order chi connectivity index (χ0) is 14.1. The fourth-order valence-corrected chi connectivity index (χ4v) is 2.33. The van der Waals surface area contributed by atoms with Crippen molar-refractivity contribution in [2.45, 2.75) is 13.0 Å². The summed E-state index contributed by atoms with van der Waals surface area (Å²) >= 11 is 5.89. The van der Waals surface area contributed by atoms with Crippen molar-refractivity contribution in [3.63, 3.8) is 0 Å². The zero-order valence-electron chi connectivity index (χ0n) is 10.9. The van der Waals surface area contributed by atoms with Gasteiger partial charge >= 0.3 is 5.69 Å². The largest absolute Gasteiger partial charge is 0.378 e. The number of halogens is 1. The summed E-state index contributed by atoms with van der Waals surface area (Å²) in [4.78, 5) is 16.7. The molecule has 5 heteroatoms. The van der Waals surface area contributed by atoms with E-state index in [1.54, 1.807) is 0 Å². The van der Waals surface area contributed by atoms with Crippen LogP contribution >= 0.6 is 11.6 Å². The van der Waals surface area contributed by atoms with Crippen molar-refractivity contribution in [2.24, 2.45) is 0 Å². The normalized spacial score (nSPS) is 12.5. The number of hydrogen-bond donors (Lipinski definition) is 3. The fourth-order valence-electron chi connectivity index (χ4n) is 2.21. The van der Waals surface area contributed by atoms with Crippen LogP contribution in [0, 0.1) is 0 Å². The van der Waals surface area contributed by atoms with Crippen LogP contribution < -0.4 is 11.0 Å². The average molecular weight is 288 g/mol. The summed E-state index contributed by atoms with van der Waals surface area (Å²) in [6, 6.07) is 13.6. The fraction of sp³-hybridized carbons (Fsp3) is 0.133. The Morgan fingerprint density at radius 3 is 2.50 bits per heavy atom. The molecule has 102 valence electrons. The topological polar surface area (TPSA) is 60.7 Å². The van der Waals surface area contributed by atoms with Crippen molar-refractivity contribution in [3.8, 4) is 0 Å². The van der Waals surface area contributed by atoms with Crippen LogP contribution in [0.5, 0.6) is 0 Å². The van der Waals surface area contributed by atoms with Crippen molar-refractivity contribution in [1.29, 1.82) is 0 Å². The van der Waals surface area contributed by atoms with Crippen LogP contribution in [-0.4, -0.2) is 9.97 Å². The smallest absolute Gasteiger partial charge is 0.323 e. The highest BCUT2D eigenvalue weighted by molar-refractivity contribution is 6.30. The maximum absolute atomic E-state index is 11.2. The number of aromatic nitrogens is 2. The van der Waals surface area contributed by atoms with Crippen molar-refractivity contribution >= 4 is 28.3 Å². The molecule has 2 aromatic carbocycles. The van der Waals surface area contributed by atoms with Gasteiger partial charge in [-0.1, -0.05) is 23.7 Å². The third-order valence-electron chi connectivity index (χ3n) is 3.27. The van der Waals surface area contributed by atoms with Crippen molar-refractivity contribution < 1.29 is 0 Å². The number of rotatable bonds is 3. The number of benzene rings is 2. The molecule has 1 aromatic heterocycles. The van der Waals surface area contributed by atoms with Crippen molar-refractivity contribution in [3.05, 3.63) is 63.5 Å². The Hall–Kier alpha value is -2.20. The lowest BCUT2D eigenvalue weighted by Crippen LogP contribution is -2.06. The number of anilines is 1. The number of hydrogen-bond acceptors (Lipinski definition) is 2. The van der Waals surface area contributed by atoms with E-state index in [0.717, 1.165) is 27.3 Å². The predicted molar refractivity (Wildman–Crippen MR) is 82.4 cm³/mol. The Kier molecular flexibility index (Phi) is 3.24. The van der Waals surface area contributed by atoms with Gasteiger partial charge < -0.3 is 15.3 Å².